The van der Waals surface area contributed by atoms with Gasteiger partial charge in [0, 0.05) is 6.42 Å². The van der Waals surface area contributed by atoms with Gasteiger partial charge in [-0.3, -0.25) is 0 Å². The molecule has 3 heterocycles. The van der Waals surface area contributed by atoms with Crippen LogP contribution in [0.2, 0.25) is 0 Å². The van der Waals surface area contributed by atoms with Crippen molar-refractivity contribution in [3.63, 3.8) is 0 Å². The summed E-state index contributed by atoms with van der Waals surface area (Å²) in [5.41, 5.74) is 0.840. The monoisotopic (exact) mass is 322 g/mol. The highest BCUT2D eigenvalue weighted by atomic mass is 16.6. The lowest BCUT2D eigenvalue weighted by Gasteiger charge is -2.38. The second-order valence-electron chi connectivity index (χ2n) is 8.90. The molecule has 23 heavy (non-hydrogen) atoms. The number of ether oxygens (including phenoxy) is 2. The lowest BCUT2D eigenvalue weighted by molar-refractivity contribution is -0.167. The van der Waals surface area contributed by atoms with Crippen LogP contribution in [-0.2, 0) is 9.47 Å². The predicted octanol–water partition coefficient (Wildman–Crippen LogP) is 4.38. The Balaban J connectivity index is 1.85. The first-order valence-corrected chi connectivity index (χ1v) is 9.41. The van der Waals surface area contributed by atoms with E-state index in [1.807, 2.05) is 0 Å². The van der Waals surface area contributed by atoms with Crippen LogP contribution in [0.25, 0.3) is 0 Å². The predicted molar refractivity (Wildman–Crippen MR) is 92.4 cm³/mol. The van der Waals surface area contributed by atoms with E-state index >= 15 is 0 Å². The smallest absolute Gasteiger partial charge is 0.0924 e. The summed E-state index contributed by atoms with van der Waals surface area (Å²) in [6.45, 7) is 11.0. The number of aliphatic hydroxyl groups is 1. The number of aliphatic hydroxyl groups excluding tert-OH is 1. The van der Waals surface area contributed by atoms with Gasteiger partial charge in [-0.25, -0.2) is 0 Å². The third-order valence-electron chi connectivity index (χ3n) is 6.75. The average Bonchev–Trinajstić information content (AvgIpc) is 2.94. The maximum atomic E-state index is 10.8. The van der Waals surface area contributed by atoms with Crippen LogP contribution in [-0.4, -0.2) is 34.1 Å². The zero-order valence-electron chi connectivity index (χ0n) is 15.5. The molecule has 0 amide bonds. The second-order valence-corrected chi connectivity index (χ2v) is 8.90. The molecule has 3 rings (SSSR count). The van der Waals surface area contributed by atoms with E-state index < -0.39 is 11.7 Å². The minimum absolute atomic E-state index is 0.0215. The molecule has 0 unspecified atom stereocenters. The Hall–Kier alpha value is -0.380. The van der Waals surface area contributed by atoms with Gasteiger partial charge in [-0.15, -0.1) is 0 Å². The molecule has 0 aromatic rings. The van der Waals surface area contributed by atoms with Gasteiger partial charge in [-0.2, -0.15) is 0 Å². The van der Waals surface area contributed by atoms with E-state index in [0.29, 0.717) is 12.0 Å². The molecule has 2 saturated heterocycles. The van der Waals surface area contributed by atoms with Gasteiger partial charge in [0.25, 0.3) is 0 Å². The minimum Gasteiger partial charge on any atom is -0.390 e. The summed E-state index contributed by atoms with van der Waals surface area (Å²) in [6, 6.07) is 0. The van der Waals surface area contributed by atoms with Gasteiger partial charge in [0.05, 0.1) is 29.0 Å². The Morgan fingerprint density at radius 1 is 1.17 bits per heavy atom. The van der Waals surface area contributed by atoms with Gasteiger partial charge in [0.15, 0.2) is 0 Å². The third kappa shape index (κ3) is 3.25. The van der Waals surface area contributed by atoms with Gasteiger partial charge >= 0.3 is 0 Å². The largest absolute Gasteiger partial charge is 0.390 e. The molecule has 0 aromatic heterocycles. The molecule has 132 valence electrons. The van der Waals surface area contributed by atoms with Crippen LogP contribution in [0.1, 0.15) is 79.6 Å². The zero-order valence-corrected chi connectivity index (χ0v) is 15.5. The zero-order chi connectivity index (χ0) is 16.9. The summed E-state index contributed by atoms with van der Waals surface area (Å²) in [5, 5.41) is 10.8. The molecule has 0 spiro atoms. The first-order chi connectivity index (χ1) is 10.7. The molecule has 3 aliphatic heterocycles. The fourth-order valence-corrected chi connectivity index (χ4v) is 4.51. The Morgan fingerprint density at radius 2 is 1.91 bits per heavy atom. The first kappa shape index (κ1) is 17.4. The molecule has 0 saturated carbocycles. The number of hydrogen-bond donors (Lipinski definition) is 1. The number of rotatable bonds is 1. The summed E-state index contributed by atoms with van der Waals surface area (Å²) in [7, 11) is 0. The SMILES string of the molecule is C/C1=C\CC[C@@]2(C)O[C@@H]2C[C@]2(C(C)C)CC[C@@](C)(O2)[C@@H](O)CC1. The Bertz CT molecular complexity index is 485. The highest BCUT2D eigenvalue weighted by Crippen LogP contribution is 2.53. The van der Waals surface area contributed by atoms with Gasteiger partial charge in [-0.1, -0.05) is 25.5 Å². The first-order valence-electron chi connectivity index (χ1n) is 9.41. The highest BCUT2D eigenvalue weighted by Gasteiger charge is 2.59. The fraction of sp³-hybridized carbons (Fsp3) is 0.900. The topological polar surface area (TPSA) is 42.0 Å². The van der Waals surface area contributed by atoms with Crippen molar-refractivity contribution in [2.45, 2.75) is 109 Å². The maximum Gasteiger partial charge on any atom is 0.0924 e. The lowest BCUT2D eigenvalue weighted by Crippen LogP contribution is -2.45. The van der Waals surface area contributed by atoms with Crippen molar-refractivity contribution in [2.75, 3.05) is 0 Å². The molecular formula is C20H34O3. The third-order valence-corrected chi connectivity index (χ3v) is 6.75. The molecule has 0 aromatic carbocycles. The van der Waals surface area contributed by atoms with Gasteiger partial charge in [0.2, 0.25) is 0 Å². The molecule has 2 fully saturated rings. The van der Waals surface area contributed by atoms with Gasteiger partial charge in [-0.05, 0) is 65.2 Å². The van der Waals surface area contributed by atoms with E-state index in [1.54, 1.807) is 0 Å². The van der Waals surface area contributed by atoms with E-state index in [0.717, 1.165) is 44.9 Å². The van der Waals surface area contributed by atoms with E-state index in [-0.39, 0.29) is 11.2 Å². The summed E-state index contributed by atoms with van der Waals surface area (Å²) < 4.78 is 12.8. The second kappa shape index (κ2) is 5.86. The Kier molecular flexibility index (Phi) is 4.44. The molecule has 3 heteroatoms. The molecule has 0 aliphatic carbocycles. The number of allylic oxidation sites excluding steroid dienone is 2. The lowest BCUT2D eigenvalue weighted by atomic mass is 9.80. The van der Waals surface area contributed by atoms with Crippen LogP contribution in [0, 0.1) is 5.92 Å². The van der Waals surface area contributed by atoms with Crippen molar-refractivity contribution in [1.82, 2.24) is 0 Å². The summed E-state index contributed by atoms with van der Waals surface area (Å²) in [6.07, 6.45) is 9.09. The summed E-state index contributed by atoms with van der Waals surface area (Å²) >= 11 is 0. The van der Waals surface area contributed by atoms with Crippen LogP contribution < -0.4 is 0 Å². The normalized spacial score (nSPS) is 50.3. The van der Waals surface area contributed by atoms with Crippen molar-refractivity contribution < 1.29 is 14.6 Å². The molecule has 5 atom stereocenters. The van der Waals surface area contributed by atoms with E-state index in [4.69, 9.17) is 9.47 Å². The molecule has 3 nitrogen and oxygen atoms in total. The van der Waals surface area contributed by atoms with Crippen molar-refractivity contribution in [3.8, 4) is 0 Å². The van der Waals surface area contributed by atoms with E-state index in [2.05, 4.69) is 40.7 Å². The molecule has 2 bridgehead atoms. The van der Waals surface area contributed by atoms with Gasteiger partial charge < -0.3 is 14.6 Å². The molecule has 3 aliphatic rings. The van der Waals surface area contributed by atoms with Crippen LogP contribution >= 0.6 is 0 Å². The van der Waals surface area contributed by atoms with Crippen molar-refractivity contribution in [1.29, 1.82) is 0 Å². The van der Waals surface area contributed by atoms with Crippen LogP contribution in [0.5, 0.6) is 0 Å². The summed E-state index contributed by atoms with van der Waals surface area (Å²) in [5.74, 6) is 0.440. The number of hydrogen-bond acceptors (Lipinski definition) is 3. The standard InChI is InChI=1S/C20H34O3/c1-14(2)20-12-11-18(4,23-20)16(21)9-8-15(3)7-6-10-19(5)17(13-20)22-19/h7,14,16-17,21H,6,8-13H2,1-5H3/b15-7+/t16-,17+,18+,19+,20-/m0/s1. The number of fused-ring (bicyclic) bond motifs is 3. The average molecular weight is 322 g/mol. The maximum absolute atomic E-state index is 10.8. The minimum atomic E-state index is -0.413. The van der Waals surface area contributed by atoms with Gasteiger partial charge in [0.1, 0.15) is 0 Å². The van der Waals surface area contributed by atoms with Crippen LogP contribution in [0.15, 0.2) is 11.6 Å². The van der Waals surface area contributed by atoms with E-state index in [1.165, 1.54) is 5.57 Å². The fourth-order valence-electron chi connectivity index (χ4n) is 4.51. The number of epoxide rings is 1. The highest BCUT2D eigenvalue weighted by molar-refractivity contribution is 5.10. The van der Waals surface area contributed by atoms with E-state index in [9.17, 15) is 5.11 Å². The summed E-state index contributed by atoms with van der Waals surface area (Å²) in [4.78, 5) is 0. The Labute approximate surface area is 141 Å². The quantitative estimate of drug-likeness (QED) is 0.575. The van der Waals surface area contributed by atoms with Crippen molar-refractivity contribution in [3.05, 3.63) is 11.6 Å². The van der Waals surface area contributed by atoms with Crippen LogP contribution in [0.3, 0.4) is 0 Å². The molecule has 0 radical (unpaired) electrons. The Morgan fingerprint density at radius 3 is 2.61 bits per heavy atom. The van der Waals surface area contributed by atoms with Crippen LogP contribution in [0.4, 0.5) is 0 Å². The molecule has 1 N–H and O–H groups in total. The van der Waals surface area contributed by atoms with Crippen molar-refractivity contribution >= 4 is 0 Å². The van der Waals surface area contributed by atoms with Crippen molar-refractivity contribution in [2.24, 2.45) is 5.92 Å². The molecular weight excluding hydrogens is 288 g/mol.